The summed E-state index contributed by atoms with van der Waals surface area (Å²) in [5, 5.41) is 14.0. The quantitative estimate of drug-likeness (QED) is 0.0272. The molecule has 0 aromatic rings. The van der Waals surface area contributed by atoms with Crippen LogP contribution in [-0.2, 0) is 18.4 Å². The maximum absolute atomic E-state index is 13.0. The molecule has 0 aliphatic heterocycles. The Bertz CT molecular complexity index is 1310. The van der Waals surface area contributed by atoms with Crippen LogP contribution in [0.2, 0.25) is 0 Å². The number of hydrogen-bond donors (Lipinski definition) is 2. The maximum atomic E-state index is 13.0. The highest BCUT2D eigenvalue weighted by molar-refractivity contribution is 7.45. The van der Waals surface area contributed by atoms with Crippen LogP contribution in [-0.4, -0.2) is 68.5 Å². The first kappa shape index (κ1) is 79.2. The minimum Gasteiger partial charge on any atom is -0.756 e. The first-order chi connectivity index (χ1) is 39.0. The topological polar surface area (TPSA) is 108 Å². The Morgan fingerprint density at radius 2 is 0.675 bits per heavy atom. The number of likely N-dealkylation sites (N-methyl/N-ethyl adjacent to an activating group) is 1. The fourth-order valence-corrected chi connectivity index (χ4v) is 12.1. The highest BCUT2D eigenvalue weighted by Crippen LogP contribution is 2.38. The molecule has 80 heavy (non-hydrogen) atoms. The lowest BCUT2D eigenvalue weighted by molar-refractivity contribution is -0.870. The number of nitrogens with one attached hydrogen (secondary N) is 1. The third-order valence-corrected chi connectivity index (χ3v) is 18.0. The minimum absolute atomic E-state index is 0.00292. The number of phosphoric acid groups is 1. The molecule has 0 aliphatic rings. The number of hydrogen-bond acceptors (Lipinski definition) is 6. The lowest BCUT2D eigenvalue weighted by Gasteiger charge is -2.29. The van der Waals surface area contributed by atoms with Crippen LogP contribution < -0.4 is 10.2 Å². The zero-order valence-corrected chi connectivity index (χ0v) is 55.7. The molecule has 0 aliphatic carbocycles. The number of unbranched alkanes of at least 4 members (excludes halogenated alkanes) is 55. The highest BCUT2D eigenvalue weighted by atomic mass is 31.2. The van der Waals surface area contributed by atoms with E-state index < -0.39 is 20.0 Å². The van der Waals surface area contributed by atoms with Crippen molar-refractivity contribution in [1.29, 1.82) is 0 Å². The van der Waals surface area contributed by atoms with Gasteiger partial charge >= 0.3 is 0 Å². The van der Waals surface area contributed by atoms with E-state index in [1.54, 1.807) is 6.08 Å². The summed E-state index contributed by atoms with van der Waals surface area (Å²) in [6, 6.07) is -0.883. The molecule has 0 bridgehead atoms. The summed E-state index contributed by atoms with van der Waals surface area (Å²) in [5.41, 5.74) is 0. The largest absolute Gasteiger partial charge is 0.756 e. The molecule has 0 aromatic carbocycles. The number of carbonyl (C=O) groups is 1. The molecule has 0 saturated heterocycles. The Labute approximate surface area is 501 Å². The fourth-order valence-electron chi connectivity index (χ4n) is 11.4. The van der Waals surface area contributed by atoms with Gasteiger partial charge in [0.1, 0.15) is 13.2 Å². The van der Waals surface area contributed by atoms with Gasteiger partial charge in [0, 0.05) is 6.42 Å². The summed E-state index contributed by atoms with van der Waals surface area (Å²) >= 11 is 0. The third kappa shape index (κ3) is 64.8. The van der Waals surface area contributed by atoms with Crippen LogP contribution in [0.5, 0.6) is 0 Å². The molecule has 0 rings (SSSR count). The van der Waals surface area contributed by atoms with Crippen molar-refractivity contribution in [1.82, 2.24) is 5.32 Å². The van der Waals surface area contributed by atoms with E-state index in [9.17, 15) is 19.4 Å². The van der Waals surface area contributed by atoms with E-state index in [1.807, 2.05) is 27.2 Å². The smallest absolute Gasteiger partial charge is 0.268 e. The molecular formula is C71H143N2O6P. The van der Waals surface area contributed by atoms with Crippen molar-refractivity contribution >= 4 is 13.7 Å². The molecular weight excluding hydrogens is 1010 g/mol. The number of rotatable bonds is 68. The second kappa shape index (κ2) is 62.8. The van der Waals surface area contributed by atoms with Crippen molar-refractivity contribution in [2.45, 2.75) is 398 Å². The van der Waals surface area contributed by atoms with Crippen LogP contribution in [0.4, 0.5) is 0 Å². The van der Waals surface area contributed by atoms with Crippen LogP contribution in [0.3, 0.4) is 0 Å². The third-order valence-electron chi connectivity index (χ3n) is 17.0. The molecule has 1 amide bonds. The fraction of sp³-hybridized carbons (Fsp3) is 0.958. The van der Waals surface area contributed by atoms with E-state index in [0.29, 0.717) is 17.4 Å². The molecule has 3 atom stereocenters. The van der Waals surface area contributed by atoms with Crippen LogP contribution in [0, 0.1) is 0 Å². The van der Waals surface area contributed by atoms with Crippen molar-refractivity contribution < 1.29 is 32.9 Å². The summed E-state index contributed by atoms with van der Waals surface area (Å²) in [6.45, 7) is 4.72. The Morgan fingerprint density at radius 1 is 0.425 bits per heavy atom. The van der Waals surface area contributed by atoms with E-state index in [1.165, 1.54) is 327 Å². The van der Waals surface area contributed by atoms with Crippen molar-refractivity contribution in [3.63, 3.8) is 0 Å². The number of quaternary nitrogens is 1. The molecule has 0 radical (unpaired) electrons. The van der Waals surface area contributed by atoms with Crippen molar-refractivity contribution in [3.05, 3.63) is 12.2 Å². The van der Waals surface area contributed by atoms with Crippen LogP contribution >= 0.6 is 7.82 Å². The zero-order chi connectivity index (χ0) is 58.4. The van der Waals surface area contributed by atoms with Gasteiger partial charge in [0.05, 0.1) is 39.9 Å². The number of phosphoric ester groups is 1. The molecule has 0 aromatic heterocycles. The van der Waals surface area contributed by atoms with Gasteiger partial charge in [-0.3, -0.25) is 9.36 Å². The van der Waals surface area contributed by atoms with Gasteiger partial charge in [-0.25, -0.2) is 0 Å². The lowest BCUT2D eigenvalue weighted by Crippen LogP contribution is -2.45. The molecule has 8 nitrogen and oxygen atoms in total. The first-order valence-electron chi connectivity index (χ1n) is 36.1. The maximum Gasteiger partial charge on any atom is 0.268 e. The normalized spacial score (nSPS) is 13.6. The number of carbonyl (C=O) groups excluding carboxylic acids is 1. The summed E-state index contributed by atoms with van der Waals surface area (Å²) in [4.78, 5) is 25.6. The van der Waals surface area contributed by atoms with Gasteiger partial charge in [-0.1, -0.05) is 373 Å². The number of aliphatic hydroxyl groups excluding tert-OH is 1. The van der Waals surface area contributed by atoms with Crippen LogP contribution in [0.25, 0.3) is 0 Å². The molecule has 0 saturated carbocycles. The van der Waals surface area contributed by atoms with E-state index in [0.717, 1.165) is 38.5 Å². The van der Waals surface area contributed by atoms with Gasteiger partial charge in [0.15, 0.2) is 0 Å². The standard InChI is InChI=1S/C71H143N2O6P/c1-6-8-10-12-14-16-18-20-22-24-26-28-29-30-31-32-33-34-35-36-37-38-39-40-41-42-43-44-45-47-49-51-53-55-57-59-61-63-65-71(75)72-69(68-79-80(76,77)78-67-66-73(3,4)5)70(74)64-62-60-58-56-54-52-50-48-46-27-25-23-21-19-17-15-13-11-9-7-2/h62,64,69-70,74H,6-61,63,65-68H2,1-5H3,(H-,72,75,76,77)/b64-62+. The monoisotopic (exact) mass is 1150 g/mol. The summed E-state index contributed by atoms with van der Waals surface area (Å²) < 4.78 is 23.4. The second-order valence-electron chi connectivity index (χ2n) is 26.3. The molecule has 9 heteroatoms. The SMILES string of the molecule is CCCCCCCCCCCCCCCCCCCC/C=C/C(O)C(COP(=O)([O-])OCC[N+](C)(C)C)NC(=O)CCCCCCCCCCCCCCCCCCCCCCCCCCCCCCCCCCCCCCCC. The Kier molecular flexibility index (Phi) is 62.2. The number of allylic oxidation sites excluding steroid dienone is 1. The van der Waals surface area contributed by atoms with E-state index >= 15 is 0 Å². The van der Waals surface area contributed by atoms with E-state index in [2.05, 4.69) is 19.2 Å². The van der Waals surface area contributed by atoms with E-state index in [4.69, 9.17) is 9.05 Å². The van der Waals surface area contributed by atoms with Crippen molar-refractivity contribution in [2.24, 2.45) is 0 Å². The summed E-state index contributed by atoms with van der Waals surface area (Å²) in [7, 11) is 1.28. The molecule has 2 N–H and O–H groups in total. The number of amides is 1. The van der Waals surface area contributed by atoms with Crippen LogP contribution in [0.1, 0.15) is 386 Å². The van der Waals surface area contributed by atoms with Crippen molar-refractivity contribution in [3.8, 4) is 0 Å². The Hall–Kier alpha value is -0.760. The van der Waals surface area contributed by atoms with Gasteiger partial charge in [-0.2, -0.15) is 0 Å². The minimum atomic E-state index is -4.60. The van der Waals surface area contributed by atoms with Crippen LogP contribution in [0.15, 0.2) is 12.2 Å². The summed E-state index contributed by atoms with van der Waals surface area (Å²) in [6.07, 6.45) is 80.7. The predicted octanol–water partition coefficient (Wildman–Crippen LogP) is 22.3. The average Bonchev–Trinajstić information content (AvgIpc) is 3.42. The average molecular weight is 1150 g/mol. The second-order valence-corrected chi connectivity index (χ2v) is 27.7. The predicted molar refractivity (Wildman–Crippen MR) is 349 cm³/mol. The first-order valence-corrected chi connectivity index (χ1v) is 37.5. The zero-order valence-electron chi connectivity index (χ0n) is 54.8. The van der Waals surface area contributed by atoms with Gasteiger partial charge < -0.3 is 28.8 Å². The number of nitrogens with zero attached hydrogens (tertiary/aromatic N) is 1. The number of aliphatic hydroxyl groups is 1. The van der Waals surface area contributed by atoms with E-state index in [-0.39, 0.29) is 19.1 Å². The Morgan fingerprint density at radius 3 is 0.938 bits per heavy atom. The Balaban J connectivity index is 3.90. The lowest BCUT2D eigenvalue weighted by atomic mass is 10.0. The van der Waals surface area contributed by atoms with Gasteiger partial charge in [-0.05, 0) is 19.3 Å². The molecule has 0 heterocycles. The molecule has 3 unspecified atom stereocenters. The summed E-state index contributed by atoms with van der Waals surface area (Å²) in [5.74, 6) is -0.187. The molecule has 478 valence electrons. The highest BCUT2D eigenvalue weighted by Gasteiger charge is 2.23. The van der Waals surface area contributed by atoms with Gasteiger partial charge in [0.25, 0.3) is 7.82 Å². The van der Waals surface area contributed by atoms with Gasteiger partial charge in [-0.15, -0.1) is 0 Å². The van der Waals surface area contributed by atoms with Gasteiger partial charge in [0.2, 0.25) is 5.91 Å². The molecule has 0 spiro atoms. The molecule has 0 fully saturated rings. The van der Waals surface area contributed by atoms with Crippen molar-refractivity contribution in [2.75, 3.05) is 40.9 Å².